The van der Waals surface area contributed by atoms with Crippen LogP contribution in [0.4, 0.5) is 30.6 Å². The Balaban J connectivity index is 1.75. The van der Waals surface area contributed by atoms with Crippen LogP contribution in [0, 0.1) is 6.92 Å². The van der Waals surface area contributed by atoms with Gasteiger partial charge in [0.2, 0.25) is 5.95 Å². The van der Waals surface area contributed by atoms with Crippen molar-refractivity contribution in [1.82, 2.24) is 15.0 Å². The van der Waals surface area contributed by atoms with Crippen LogP contribution in [0.15, 0.2) is 54.7 Å². The molecule has 2 heterocycles. The average molecular weight is 359 g/mol. The fourth-order valence-corrected chi connectivity index (χ4v) is 2.30. The first-order chi connectivity index (χ1) is 12.4. The van der Waals surface area contributed by atoms with Crippen LogP contribution in [0.25, 0.3) is 0 Å². The van der Waals surface area contributed by atoms with Crippen LogP contribution < -0.4 is 10.6 Å². The molecule has 0 unspecified atom stereocenters. The zero-order chi connectivity index (χ0) is 18.6. The Morgan fingerprint density at radius 1 is 1.00 bits per heavy atom. The summed E-state index contributed by atoms with van der Waals surface area (Å²) in [6.45, 7) is 2.26. The van der Waals surface area contributed by atoms with Gasteiger partial charge in [-0.05, 0) is 37.3 Å². The Labute approximate surface area is 148 Å². The van der Waals surface area contributed by atoms with Gasteiger partial charge in [-0.1, -0.05) is 12.1 Å². The molecule has 1 aromatic carbocycles. The van der Waals surface area contributed by atoms with E-state index in [4.69, 9.17) is 0 Å². The standard InChI is InChI=1S/C18H16F3N5/c1-12-9-16(23-11-15-6-2-3-8-22-15)26-17(24-12)25-14-7-4-5-13(10-14)18(19,20)21/h2-10H,11H2,1H3,(H2,23,24,25,26). The van der Waals surface area contributed by atoms with E-state index >= 15 is 0 Å². The maximum Gasteiger partial charge on any atom is 0.416 e. The molecule has 0 saturated carbocycles. The third kappa shape index (κ3) is 4.69. The lowest BCUT2D eigenvalue weighted by Gasteiger charge is -2.11. The maximum atomic E-state index is 12.8. The van der Waals surface area contributed by atoms with Gasteiger partial charge in [-0.3, -0.25) is 4.98 Å². The molecule has 0 aliphatic carbocycles. The van der Waals surface area contributed by atoms with Gasteiger partial charge in [-0.25, -0.2) is 4.98 Å². The molecule has 26 heavy (non-hydrogen) atoms. The molecule has 2 N–H and O–H groups in total. The Hall–Kier alpha value is -3.16. The highest BCUT2D eigenvalue weighted by molar-refractivity contribution is 5.56. The van der Waals surface area contributed by atoms with E-state index in [0.29, 0.717) is 18.1 Å². The lowest BCUT2D eigenvalue weighted by molar-refractivity contribution is -0.137. The van der Waals surface area contributed by atoms with E-state index in [1.807, 2.05) is 18.2 Å². The van der Waals surface area contributed by atoms with E-state index in [0.717, 1.165) is 17.8 Å². The van der Waals surface area contributed by atoms with Gasteiger partial charge in [0, 0.05) is 23.6 Å². The second-order valence-corrected chi connectivity index (χ2v) is 5.60. The molecular formula is C18H16F3N5. The minimum Gasteiger partial charge on any atom is -0.364 e. The molecule has 0 spiro atoms. The van der Waals surface area contributed by atoms with Gasteiger partial charge >= 0.3 is 6.18 Å². The smallest absolute Gasteiger partial charge is 0.364 e. The van der Waals surface area contributed by atoms with Crippen molar-refractivity contribution in [1.29, 1.82) is 0 Å². The molecule has 2 aromatic heterocycles. The molecule has 0 aliphatic heterocycles. The first-order valence-corrected chi connectivity index (χ1v) is 7.84. The van der Waals surface area contributed by atoms with Crippen LogP contribution in [-0.2, 0) is 12.7 Å². The topological polar surface area (TPSA) is 62.7 Å². The third-order valence-electron chi connectivity index (χ3n) is 3.48. The number of alkyl halides is 3. The molecule has 5 nitrogen and oxygen atoms in total. The number of hydrogen-bond donors (Lipinski definition) is 2. The molecule has 0 radical (unpaired) electrons. The number of aromatic nitrogens is 3. The van der Waals surface area contributed by atoms with Crippen LogP contribution in [0.5, 0.6) is 0 Å². The molecule has 3 rings (SSSR count). The van der Waals surface area contributed by atoms with E-state index in [1.165, 1.54) is 12.1 Å². The summed E-state index contributed by atoms with van der Waals surface area (Å²) in [4.78, 5) is 12.7. The molecule has 3 aromatic rings. The van der Waals surface area contributed by atoms with E-state index in [9.17, 15) is 13.2 Å². The highest BCUT2D eigenvalue weighted by atomic mass is 19.4. The molecular weight excluding hydrogens is 343 g/mol. The highest BCUT2D eigenvalue weighted by Crippen LogP contribution is 2.31. The highest BCUT2D eigenvalue weighted by Gasteiger charge is 2.30. The van der Waals surface area contributed by atoms with Gasteiger partial charge < -0.3 is 10.6 Å². The van der Waals surface area contributed by atoms with Crippen LogP contribution in [0.2, 0.25) is 0 Å². The molecule has 134 valence electrons. The number of rotatable bonds is 5. The lowest BCUT2D eigenvalue weighted by Crippen LogP contribution is -2.07. The zero-order valence-corrected chi connectivity index (χ0v) is 13.9. The van der Waals surface area contributed by atoms with Gasteiger partial charge in [-0.15, -0.1) is 0 Å². The number of aryl methyl sites for hydroxylation is 1. The van der Waals surface area contributed by atoms with Crippen molar-refractivity contribution in [2.45, 2.75) is 19.6 Å². The van der Waals surface area contributed by atoms with Crippen molar-refractivity contribution in [3.63, 3.8) is 0 Å². The fraction of sp³-hybridized carbons (Fsp3) is 0.167. The molecule has 0 saturated heterocycles. The van der Waals surface area contributed by atoms with Crippen LogP contribution in [-0.4, -0.2) is 15.0 Å². The Bertz CT molecular complexity index is 881. The number of nitrogens with zero attached hydrogens (tertiary/aromatic N) is 3. The predicted molar refractivity (Wildman–Crippen MR) is 93.1 cm³/mol. The summed E-state index contributed by atoms with van der Waals surface area (Å²) in [5.74, 6) is 0.769. The quantitative estimate of drug-likeness (QED) is 0.699. The Morgan fingerprint density at radius 3 is 2.58 bits per heavy atom. The summed E-state index contributed by atoms with van der Waals surface area (Å²) in [5.41, 5.74) is 1.05. The Kier molecular flexibility index (Phi) is 5.01. The number of anilines is 3. The van der Waals surface area contributed by atoms with Gasteiger partial charge in [0.15, 0.2) is 0 Å². The Morgan fingerprint density at radius 2 is 1.85 bits per heavy atom. The second kappa shape index (κ2) is 7.38. The molecule has 0 aliphatic rings. The summed E-state index contributed by atoms with van der Waals surface area (Å²) in [5, 5.41) is 5.95. The number of pyridine rings is 1. The van der Waals surface area contributed by atoms with E-state index in [-0.39, 0.29) is 11.6 Å². The number of hydrogen-bond acceptors (Lipinski definition) is 5. The van der Waals surface area contributed by atoms with E-state index < -0.39 is 11.7 Å². The first kappa shape index (κ1) is 17.7. The van der Waals surface area contributed by atoms with Gasteiger partial charge in [0.05, 0.1) is 17.8 Å². The molecule has 8 heteroatoms. The van der Waals surface area contributed by atoms with Gasteiger partial charge in [0.25, 0.3) is 0 Å². The number of benzene rings is 1. The van der Waals surface area contributed by atoms with Crippen molar-refractivity contribution < 1.29 is 13.2 Å². The normalized spacial score (nSPS) is 11.2. The third-order valence-corrected chi connectivity index (χ3v) is 3.48. The van der Waals surface area contributed by atoms with Crippen LogP contribution >= 0.6 is 0 Å². The summed E-state index contributed by atoms with van der Waals surface area (Å²) >= 11 is 0. The molecule has 0 atom stereocenters. The lowest BCUT2D eigenvalue weighted by atomic mass is 10.2. The second-order valence-electron chi connectivity index (χ2n) is 5.60. The van der Waals surface area contributed by atoms with Crippen LogP contribution in [0.3, 0.4) is 0 Å². The van der Waals surface area contributed by atoms with E-state index in [2.05, 4.69) is 25.6 Å². The summed E-state index contributed by atoms with van der Waals surface area (Å²) in [6, 6.07) is 12.2. The molecule has 0 amide bonds. The SMILES string of the molecule is Cc1cc(NCc2ccccn2)nc(Nc2cccc(C(F)(F)F)c2)n1. The average Bonchev–Trinajstić information content (AvgIpc) is 2.60. The van der Waals surface area contributed by atoms with Crippen molar-refractivity contribution in [2.75, 3.05) is 10.6 Å². The summed E-state index contributed by atoms with van der Waals surface area (Å²) in [7, 11) is 0. The molecule has 0 bridgehead atoms. The largest absolute Gasteiger partial charge is 0.416 e. The number of halogens is 3. The number of nitrogens with one attached hydrogen (secondary N) is 2. The maximum absolute atomic E-state index is 12.8. The van der Waals surface area contributed by atoms with Crippen molar-refractivity contribution in [3.8, 4) is 0 Å². The van der Waals surface area contributed by atoms with Crippen molar-refractivity contribution in [3.05, 3.63) is 71.7 Å². The minimum atomic E-state index is -4.40. The van der Waals surface area contributed by atoms with Crippen LogP contribution in [0.1, 0.15) is 17.0 Å². The minimum absolute atomic E-state index is 0.216. The van der Waals surface area contributed by atoms with Gasteiger partial charge in [0.1, 0.15) is 5.82 Å². The zero-order valence-electron chi connectivity index (χ0n) is 13.9. The predicted octanol–water partition coefficient (Wildman–Crippen LogP) is 4.55. The van der Waals surface area contributed by atoms with Gasteiger partial charge in [-0.2, -0.15) is 18.2 Å². The fourth-order valence-electron chi connectivity index (χ4n) is 2.30. The van der Waals surface area contributed by atoms with E-state index in [1.54, 1.807) is 19.2 Å². The summed E-state index contributed by atoms with van der Waals surface area (Å²) < 4.78 is 38.5. The monoisotopic (exact) mass is 359 g/mol. The van der Waals surface area contributed by atoms with Crippen molar-refractivity contribution in [2.24, 2.45) is 0 Å². The van der Waals surface area contributed by atoms with Crippen molar-refractivity contribution >= 4 is 17.5 Å². The first-order valence-electron chi connectivity index (χ1n) is 7.84. The molecule has 0 fully saturated rings. The summed E-state index contributed by atoms with van der Waals surface area (Å²) in [6.07, 6.45) is -2.70.